The summed E-state index contributed by atoms with van der Waals surface area (Å²) in [4.78, 5) is 25.1. The maximum atomic E-state index is 12.6. The van der Waals surface area contributed by atoms with Gasteiger partial charge in [-0.25, -0.2) is 0 Å². The van der Waals surface area contributed by atoms with Crippen LogP contribution in [-0.2, 0) is 23.8 Å². The van der Waals surface area contributed by atoms with Gasteiger partial charge in [-0.15, -0.1) is 0 Å². The summed E-state index contributed by atoms with van der Waals surface area (Å²) in [5.41, 5.74) is -2.83. The van der Waals surface area contributed by atoms with Crippen molar-refractivity contribution in [3.63, 3.8) is 0 Å². The van der Waals surface area contributed by atoms with Gasteiger partial charge in [-0.05, 0) is 44.4 Å². The van der Waals surface area contributed by atoms with Gasteiger partial charge in [0.1, 0.15) is 11.2 Å². The Morgan fingerprint density at radius 3 is 2.80 bits per heavy atom. The lowest BCUT2D eigenvalue weighted by Crippen LogP contribution is -2.84. The highest BCUT2D eigenvalue weighted by molar-refractivity contribution is 6.06. The fourth-order valence-electron chi connectivity index (χ4n) is 5.79. The van der Waals surface area contributed by atoms with Gasteiger partial charge in [-0.3, -0.25) is 9.59 Å². The van der Waals surface area contributed by atoms with Crippen LogP contribution in [0, 0.1) is 23.2 Å². The van der Waals surface area contributed by atoms with Crippen molar-refractivity contribution in [3.05, 3.63) is 0 Å². The Bertz CT molecular complexity index is 512. The first-order valence-corrected chi connectivity index (χ1v) is 7.39. The van der Waals surface area contributed by atoms with Crippen molar-refractivity contribution in [2.24, 2.45) is 23.2 Å². The molecule has 0 unspecified atom stereocenters. The SMILES string of the molecule is COC(=O)[C@@]12C(=O)OC(C)(C)[C@@]13OC[C@@H]1CCC[C@H]3[C@@H]12. The summed E-state index contributed by atoms with van der Waals surface area (Å²) in [6, 6.07) is 0. The molecule has 20 heavy (non-hydrogen) atoms. The third-order valence-electron chi connectivity index (χ3n) is 6.24. The van der Waals surface area contributed by atoms with E-state index in [9.17, 15) is 9.59 Å². The van der Waals surface area contributed by atoms with E-state index in [0.29, 0.717) is 6.61 Å². The minimum Gasteiger partial charge on any atom is -0.468 e. The number of methoxy groups -OCH3 is 1. The summed E-state index contributed by atoms with van der Waals surface area (Å²) in [6.07, 6.45) is 3.15. The van der Waals surface area contributed by atoms with Crippen LogP contribution >= 0.6 is 0 Å². The molecule has 5 heteroatoms. The zero-order valence-corrected chi connectivity index (χ0v) is 12.1. The first-order chi connectivity index (χ1) is 9.43. The van der Waals surface area contributed by atoms with Crippen LogP contribution in [0.1, 0.15) is 33.1 Å². The third-order valence-corrected chi connectivity index (χ3v) is 6.24. The van der Waals surface area contributed by atoms with Crippen molar-refractivity contribution in [2.75, 3.05) is 13.7 Å². The fourth-order valence-corrected chi connectivity index (χ4v) is 5.79. The van der Waals surface area contributed by atoms with Crippen LogP contribution < -0.4 is 0 Å². The van der Waals surface area contributed by atoms with E-state index in [0.717, 1.165) is 19.3 Å². The van der Waals surface area contributed by atoms with Gasteiger partial charge in [0.2, 0.25) is 5.41 Å². The summed E-state index contributed by atoms with van der Waals surface area (Å²) in [5, 5.41) is 0. The number of hydrogen-bond acceptors (Lipinski definition) is 5. The van der Waals surface area contributed by atoms with Crippen LogP contribution in [0.4, 0.5) is 0 Å². The van der Waals surface area contributed by atoms with Crippen molar-refractivity contribution in [1.29, 1.82) is 0 Å². The van der Waals surface area contributed by atoms with Gasteiger partial charge in [-0.1, -0.05) is 6.42 Å². The van der Waals surface area contributed by atoms with Gasteiger partial charge < -0.3 is 14.2 Å². The molecule has 2 saturated carbocycles. The Morgan fingerprint density at radius 2 is 2.10 bits per heavy atom. The van der Waals surface area contributed by atoms with E-state index < -0.39 is 28.6 Å². The number of ether oxygens (including phenoxy) is 3. The van der Waals surface area contributed by atoms with Crippen molar-refractivity contribution in [1.82, 2.24) is 0 Å². The normalized spacial score (nSPS) is 50.8. The second-order valence-electron chi connectivity index (χ2n) is 7.07. The topological polar surface area (TPSA) is 61.8 Å². The molecular formula is C15H20O5. The zero-order valence-electron chi connectivity index (χ0n) is 12.1. The lowest BCUT2D eigenvalue weighted by molar-refractivity contribution is -0.352. The van der Waals surface area contributed by atoms with Gasteiger partial charge in [0, 0.05) is 0 Å². The fraction of sp³-hybridized carbons (Fsp3) is 0.867. The average molecular weight is 280 g/mol. The molecule has 4 aliphatic rings. The first-order valence-electron chi connectivity index (χ1n) is 7.39. The minimum atomic E-state index is -1.22. The van der Waals surface area contributed by atoms with Crippen molar-refractivity contribution in [2.45, 2.75) is 44.3 Å². The maximum Gasteiger partial charge on any atom is 0.327 e. The van der Waals surface area contributed by atoms with Crippen LogP contribution in [0.5, 0.6) is 0 Å². The van der Waals surface area contributed by atoms with Crippen molar-refractivity contribution >= 4 is 11.9 Å². The van der Waals surface area contributed by atoms with E-state index in [1.54, 1.807) is 0 Å². The van der Waals surface area contributed by atoms with Gasteiger partial charge >= 0.3 is 11.9 Å². The molecule has 5 atom stereocenters. The molecule has 110 valence electrons. The molecule has 0 amide bonds. The predicted molar refractivity (Wildman–Crippen MR) is 67.6 cm³/mol. The molecule has 4 fully saturated rings. The van der Waals surface area contributed by atoms with Crippen molar-refractivity contribution in [3.8, 4) is 0 Å². The Balaban J connectivity index is 1.95. The van der Waals surface area contributed by atoms with Crippen LogP contribution in [-0.4, -0.2) is 36.9 Å². The second kappa shape index (κ2) is 3.38. The summed E-state index contributed by atoms with van der Waals surface area (Å²) in [6.45, 7) is 4.35. The number of esters is 2. The molecule has 0 aromatic heterocycles. The standard InChI is InChI=1S/C15H20O5/c1-13(2)15-9-6-4-5-8(7-19-15)10(9)14(15,11(16)18-3)12(17)20-13/h8-10H,4-7H2,1-3H3/t8-,9-,10+,14-,15+/m0/s1. The molecular weight excluding hydrogens is 260 g/mol. The summed E-state index contributed by atoms with van der Waals surface area (Å²) < 4.78 is 16.8. The number of carbonyl (C=O) groups is 2. The number of rotatable bonds is 1. The third kappa shape index (κ3) is 0.927. The first kappa shape index (κ1) is 12.6. The van der Waals surface area contributed by atoms with Crippen LogP contribution in [0.15, 0.2) is 0 Å². The molecule has 2 bridgehead atoms. The quantitative estimate of drug-likeness (QED) is 0.535. The van der Waals surface area contributed by atoms with E-state index in [2.05, 4.69) is 0 Å². The van der Waals surface area contributed by atoms with E-state index in [1.165, 1.54) is 7.11 Å². The van der Waals surface area contributed by atoms with Crippen LogP contribution in [0.2, 0.25) is 0 Å². The number of carbonyl (C=O) groups excluding carboxylic acids is 2. The Morgan fingerprint density at radius 1 is 1.35 bits per heavy atom. The van der Waals surface area contributed by atoms with Crippen LogP contribution in [0.25, 0.3) is 0 Å². The molecule has 2 aliphatic carbocycles. The molecule has 4 rings (SSSR count). The average Bonchev–Trinajstić information content (AvgIpc) is 2.55. The Labute approximate surface area is 117 Å². The highest BCUT2D eigenvalue weighted by atomic mass is 16.6. The van der Waals surface area contributed by atoms with E-state index in [1.807, 2.05) is 13.8 Å². The Kier molecular flexibility index (Phi) is 2.13. The van der Waals surface area contributed by atoms with E-state index >= 15 is 0 Å². The predicted octanol–water partition coefficient (Wildman–Crippen LogP) is 1.30. The van der Waals surface area contributed by atoms with Gasteiger partial charge in [0.05, 0.1) is 13.7 Å². The molecule has 2 saturated heterocycles. The highest BCUT2D eigenvalue weighted by Gasteiger charge is 2.92. The van der Waals surface area contributed by atoms with Gasteiger partial charge in [-0.2, -0.15) is 0 Å². The highest BCUT2D eigenvalue weighted by Crippen LogP contribution is 2.77. The molecule has 0 spiro atoms. The molecule has 0 N–H and O–H groups in total. The summed E-state index contributed by atoms with van der Waals surface area (Å²) in [5.74, 6) is -0.374. The summed E-state index contributed by atoms with van der Waals surface area (Å²) in [7, 11) is 1.34. The molecule has 0 radical (unpaired) electrons. The van der Waals surface area contributed by atoms with Crippen molar-refractivity contribution < 1.29 is 23.8 Å². The summed E-state index contributed by atoms with van der Waals surface area (Å²) >= 11 is 0. The maximum absolute atomic E-state index is 12.6. The minimum absolute atomic E-state index is 0.0340. The molecule has 2 heterocycles. The zero-order chi connectivity index (χ0) is 14.3. The Hall–Kier alpha value is -1.10. The molecule has 2 aliphatic heterocycles. The van der Waals surface area contributed by atoms with E-state index in [-0.39, 0.29) is 17.8 Å². The molecule has 0 aromatic rings. The largest absolute Gasteiger partial charge is 0.468 e. The molecule has 0 aromatic carbocycles. The lowest BCUT2D eigenvalue weighted by atomic mass is 9.35. The smallest absolute Gasteiger partial charge is 0.327 e. The van der Waals surface area contributed by atoms with Gasteiger partial charge in [0.15, 0.2) is 0 Å². The second-order valence-corrected chi connectivity index (χ2v) is 7.07. The lowest BCUT2D eigenvalue weighted by Gasteiger charge is -2.70. The van der Waals surface area contributed by atoms with E-state index in [4.69, 9.17) is 14.2 Å². The van der Waals surface area contributed by atoms with Crippen LogP contribution in [0.3, 0.4) is 0 Å². The monoisotopic (exact) mass is 280 g/mol. The molecule has 5 nitrogen and oxygen atoms in total. The number of cyclic esters (lactones) is 1. The number of hydrogen-bond donors (Lipinski definition) is 0. The van der Waals surface area contributed by atoms with Gasteiger partial charge in [0.25, 0.3) is 0 Å².